The molecule has 3 heteroatoms. The van der Waals surface area contributed by atoms with Crippen LogP contribution in [0.15, 0.2) is 24.3 Å². The van der Waals surface area contributed by atoms with Gasteiger partial charge in [0.1, 0.15) is 0 Å². The van der Waals surface area contributed by atoms with Gasteiger partial charge in [-0.1, -0.05) is 36.2 Å². The van der Waals surface area contributed by atoms with E-state index in [1.165, 1.54) is 5.56 Å². The van der Waals surface area contributed by atoms with Crippen molar-refractivity contribution in [2.24, 2.45) is 17.6 Å². The van der Waals surface area contributed by atoms with Crippen LogP contribution in [0.5, 0.6) is 0 Å². The molecular formula is C16H24N2O. The molecule has 1 amide bonds. The van der Waals surface area contributed by atoms with Crippen molar-refractivity contribution in [3.8, 4) is 0 Å². The average Bonchev–Trinajstić information content (AvgIpc) is 2.87. The first-order valence-corrected chi connectivity index (χ1v) is 7.19. The summed E-state index contributed by atoms with van der Waals surface area (Å²) in [6, 6.07) is 8.38. The summed E-state index contributed by atoms with van der Waals surface area (Å²) in [5.74, 6) is 0.643. The van der Waals surface area contributed by atoms with Crippen LogP contribution in [0.4, 0.5) is 0 Å². The lowest BCUT2D eigenvalue weighted by Crippen LogP contribution is -2.36. The molecule has 3 atom stereocenters. The molecule has 1 aliphatic carbocycles. The highest BCUT2D eigenvalue weighted by atomic mass is 16.2. The highest BCUT2D eigenvalue weighted by molar-refractivity contribution is 5.79. The van der Waals surface area contributed by atoms with Gasteiger partial charge >= 0.3 is 0 Å². The Bertz CT molecular complexity index is 427. The topological polar surface area (TPSA) is 55.1 Å². The third-order valence-electron chi connectivity index (χ3n) is 4.23. The minimum absolute atomic E-state index is 0.0622. The molecule has 1 aromatic rings. The number of carbonyl (C=O) groups excluding carboxylic acids is 1. The lowest BCUT2D eigenvalue weighted by molar-refractivity contribution is -0.126. The Hall–Kier alpha value is -1.35. The first-order valence-electron chi connectivity index (χ1n) is 7.19. The van der Waals surface area contributed by atoms with Crippen LogP contribution in [-0.2, 0) is 4.79 Å². The Morgan fingerprint density at radius 1 is 1.37 bits per heavy atom. The molecule has 0 aliphatic heterocycles. The summed E-state index contributed by atoms with van der Waals surface area (Å²) < 4.78 is 0. The molecule has 2 rings (SSSR count). The number of aryl methyl sites for hydroxylation is 1. The standard InChI is InChI=1S/C16H24N2O/c1-11-6-8-13(9-7-11)12(2)18-16(19)15-5-3-4-14(15)10-17/h6-9,12,14-15H,3-5,10,17H2,1-2H3,(H,18,19)/t12-,14?,15?/m0/s1. The first-order chi connectivity index (χ1) is 9.11. The molecule has 1 aliphatic rings. The van der Waals surface area contributed by atoms with E-state index in [-0.39, 0.29) is 17.9 Å². The van der Waals surface area contributed by atoms with E-state index >= 15 is 0 Å². The fraction of sp³-hybridized carbons (Fsp3) is 0.562. The van der Waals surface area contributed by atoms with Crippen LogP contribution in [0.25, 0.3) is 0 Å². The molecule has 3 nitrogen and oxygen atoms in total. The minimum Gasteiger partial charge on any atom is -0.349 e. The maximum Gasteiger partial charge on any atom is 0.223 e. The summed E-state index contributed by atoms with van der Waals surface area (Å²) in [7, 11) is 0. The predicted octanol–water partition coefficient (Wildman–Crippen LogP) is 2.55. The Labute approximate surface area is 115 Å². The summed E-state index contributed by atoms with van der Waals surface area (Å²) in [5.41, 5.74) is 8.13. The number of benzene rings is 1. The van der Waals surface area contributed by atoms with Crippen molar-refractivity contribution in [3.05, 3.63) is 35.4 Å². The minimum atomic E-state index is 0.0622. The van der Waals surface area contributed by atoms with Gasteiger partial charge in [-0.05, 0) is 44.7 Å². The molecule has 0 spiro atoms. The molecule has 0 bridgehead atoms. The molecule has 0 heterocycles. The number of amides is 1. The monoisotopic (exact) mass is 260 g/mol. The third-order valence-corrected chi connectivity index (χ3v) is 4.23. The van der Waals surface area contributed by atoms with Gasteiger partial charge in [-0.25, -0.2) is 0 Å². The number of nitrogens with two attached hydrogens (primary N) is 1. The molecule has 0 aromatic heterocycles. The van der Waals surface area contributed by atoms with Gasteiger partial charge in [0.25, 0.3) is 0 Å². The van der Waals surface area contributed by atoms with Gasteiger partial charge in [-0.3, -0.25) is 4.79 Å². The number of rotatable bonds is 4. The van der Waals surface area contributed by atoms with Crippen molar-refractivity contribution < 1.29 is 4.79 Å². The maximum absolute atomic E-state index is 12.3. The van der Waals surface area contributed by atoms with E-state index in [1.807, 2.05) is 6.92 Å². The third kappa shape index (κ3) is 3.35. The van der Waals surface area contributed by atoms with E-state index in [4.69, 9.17) is 5.73 Å². The number of hydrogen-bond acceptors (Lipinski definition) is 2. The van der Waals surface area contributed by atoms with E-state index in [0.717, 1.165) is 24.8 Å². The first kappa shape index (κ1) is 14.1. The zero-order valence-electron chi connectivity index (χ0n) is 11.9. The lowest BCUT2D eigenvalue weighted by atomic mass is 9.94. The summed E-state index contributed by atoms with van der Waals surface area (Å²) in [6.07, 6.45) is 3.20. The van der Waals surface area contributed by atoms with Crippen LogP contribution >= 0.6 is 0 Å². The van der Waals surface area contributed by atoms with Gasteiger partial charge in [-0.15, -0.1) is 0 Å². The number of hydrogen-bond donors (Lipinski definition) is 2. The molecule has 2 unspecified atom stereocenters. The Balaban J connectivity index is 1.96. The van der Waals surface area contributed by atoms with Gasteiger partial charge in [-0.2, -0.15) is 0 Å². The fourth-order valence-electron chi connectivity index (χ4n) is 2.92. The van der Waals surface area contributed by atoms with Crippen LogP contribution in [-0.4, -0.2) is 12.5 Å². The van der Waals surface area contributed by atoms with Gasteiger partial charge in [0.2, 0.25) is 5.91 Å². The van der Waals surface area contributed by atoms with E-state index in [2.05, 4.69) is 36.5 Å². The molecular weight excluding hydrogens is 236 g/mol. The van der Waals surface area contributed by atoms with Gasteiger partial charge < -0.3 is 11.1 Å². The van der Waals surface area contributed by atoms with Crippen LogP contribution in [0.2, 0.25) is 0 Å². The Morgan fingerprint density at radius 3 is 2.68 bits per heavy atom. The molecule has 1 saturated carbocycles. The normalized spacial score (nSPS) is 24.2. The molecule has 104 valence electrons. The molecule has 0 radical (unpaired) electrons. The van der Waals surface area contributed by atoms with E-state index < -0.39 is 0 Å². The van der Waals surface area contributed by atoms with Crippen molar-refractivity contribution in [2.45, 2.75) is 39.2 Å². The zero-order valence-corrected chi connectivity index (χ0v) is 11.9. The van der Waals surface area contributed by atoms with Crippen LogP contribution in [0.1, 0.15) is 43.4 Å². The van der Waals surface area contributed by atoms with Crippen molar-refractivity contribution in [2.75, 3.05) is 6.54 Å². The second-order valence-corrected chi connectivity index (χ2v) is 5.67. The van der Waals surface area contributed by atoms with Crippen molar-refractivity contribution in [1.82, 2.24) is 5.32 Å². The Kier molecular flexibility index (Phi) is 4.59. The highest BCUT2D eigenvalue weighted by Crippen LogP contribution is 2.31. The second kappa shape index (κ2) is 6.20. The number of nitrogens with one attached hydrogen (secondary N) is 1. The maximum atomic E-state index is 12.3. The summed E-state index contributed by atoms with van der Waals surface area (Å²) >= 11 is 0. The largest absolute Gasteiger partial charge is 0.349 e. The summed E-state index contributed by atoms with van der Waals surface area (Å²) in [4.78, 5) is 12.3. The summed E-state index contributed by atoms with van der Waals surface area (Å²) in [6.45, 7) is 4.73. The van der Waals surface area contributed by atoms with E-state index in [9.17, 15) is 4.79 Å². The smallest absolute Gasteiger partial charge is 0.223 e. The summed E-state index contributed by atoms with van der Waals surface area (Å²) in [5, 5.41) is 3.13. The second-order valence-electron chi connectivity index (χ2n) is 5.67. The van der Waals surface area contributed by atoms with Gasteiger partial charge in [0.05, 0.1) is 6.04 Å². The van der Waals surface area contributed by atoms with E-state index in [0.29, 0.717) is 12.5 Å². The SMILES string of the molecule is Cc1ccc([C@H](C)NC(=O)C2CCCC2CN)cc1. The van der Waals surface area contributed by atoms with Crippen LogP contribution < -0.4 is 11.1 Å². The van der Waals surface area contributed by atoms with Crippen molar-refractivity contribution >= 4 is 5.91 Å². The number of carbonyl (C=O) groups is 1. The lowest BCUT2D eigenvalue weighted by Gasteiger charge is -2.21. The van der Waals surface area contributed by atoms with Crippen LogP contribution in [0.3, 0.4) is 0 Å². The van der Waals surface area contributed by atoms with Crippen molar-refractivity contribution in [3.63, 3.8) is 0 Å². The highest BCUT2D eigenvalue weighted by Gasteiger charge is 2.32. The molecule has 3 N–H and O–H groups in total. The fourth-order valence-corrected chi connectivity index (χ4v) is 2.92. The van der Waals surface area contributed by atoms with E-state index in [1.54, 1.807) is 0 Å². The predicted molar refractivity (Wildman–Crippen MR) is 77.6 cm³/mol. The van der Waals surface area contributed by atoms with Gasteiger partial charge in [0, 0.05) is 5.92 Å². The van der Waals surface area contributed by atoms with Crippen molar-refractivity contribution in [1.29, 1.82) is 0 Å². The molecule has 19 heavy (non-hydrogen) atoms. The molecule has 1 fully saturated rings. The zero-order chi connectivity index (χ0) is 13.8. The van der Waals surface area contributed by atoms with Gasteiger partial charge in [0.15, 0.2) is 0 Å². The average molecular weight is 260 g/mol. The molecule has 0 saturated heterocycles. The molecule has 1 aromatic carbocycles. The van der Waals surface area contributed by atoms with Crippen LogP contribution in [0, 0.1) is 18.8 Å². The Morgan fingerprint density at radius 2 is 2.05 bits per heavy atom. The quantitative estimate of drug-likeness (QED) is 0.874.